The van der Waals surface area contributed by atoms with Crippen LogP contribution in [0, 0.1) is 0 Å². The van der Waals surface area contributed by atoms with Crippen LogP contribution in [0.15, 0.2) is 18.2 Å². The summed E-state index contributed by atoms with van der Waals surface area (Å²) >= 11 is 0. The number of fused-ring (bicyclic) bond motifs is 1. The van der Waals surface area contributed by atoms with Crippen molar-refractivity contribution in [2.24, 2.45) is 0 Å². The molecule has 1 atom stereocenters. The van der Waals surface area contributed by atoms with Crippen LogP contribution in [-0.4, -0.2) is 72.0 Å². The third-order valence-electron chi connectivity index (χ3n) is 6.74. The van der Waals surface area contributed by atoms with Gasteiger partial charge in [-0.25, -0.2) is 0 Å². The second-order valence-electron chi connectivity index (χ2n) is 8.74. The summed E-state index contributed by atoms with van der Waals surface area (Å²) in [4.78, 5) is 40.8. The van der Waals surface area contributed by atoms with Crippen molar-refractivity contribution in [2.75, 3.05) is 26.2 Å². The topological polar surface area (TPSA) is 91.0 Å². The van der Waals surface area contributed by atoms with Crippen LogP contribution in [0.4, 0.5) is 0 Å². The standard InChI is InChI=1S/C22H28N4O4/c27-20-5-4-19(21(28)24-20)26-13-18-14(2-1-3-17(18)22(26)29)12-25-8-6-15(7-9-25)30-16-10-23-11-16/h1-3,15-16,19,23H,4-13H2,(H,24,27,28). The number of nitrogens with zero attached hydrogens (tertiary/aromatic N) is 2. The number of piperidine rings is 2. The van der Waals surface area contributed by atoms with Crippen LogP contribution in [0.3, 0.4) is 0 Å². The molecule has 3 saturated heterocycles. The number of carbonyl (C=O) groups is 3. The zero-order valence-corrected chi connectivity index (χ0v) is 17.1. The van der Waals surface area contributed by atoms with Crippen molar-refractivity contribution in [1.29, 1.82) is 0 Å². The van der Waals surface area contributed by atoms with E-state index in [-0.39, 0.29) is 24.1 Å². The van der Waals surface area contributed by atoms with Crippen LogP contribution in [0.5, 0.6) is 0 Å². The molecule has 3 fully saturated rings. The smallest absolute Gasteiger partial charge is 0.255 e. The Morgan fingerprint density at radius 3 is 2.53 bits per heavy atom. The van der Waals surface area contributed by atoms with Gasteiger partial charge in [-0.1, -0.05) is 12.1 Å². The second kappa shape index (κ2) is 8.09. The summed E-state index contributed by atoms with van der Waals surface area (Å²) in [6, 6.07) is 5.30. The molecule has 8 nitrogen and oxygen atoms in total. The SMILES string of the molecule is O=C1CCC(N2Cc3c(CN4CCC(OC5CNC5)CC4)cccc3C2=O)C(=O)N1. The lowest BCUT2D eigenvalue weighted by atomic mass is 10.0. The molecular weight excluding hydrogens is 384 g/mol. The average molecular weight is 412 g/mol. The zero-order valence-electron chi connectivity index (χ0n) is 17.1. The van der Waals surface area contributed by atoms with Crippen molar-refractivity contribution in [2.45, 2.75) is 57.0 Å². The number of nitrogens with one attached hydrogen (secondary N) is 2. The summed E-state index contributed by atoms with van der Waals surface area (Å²) in [5.41, 5.74) is 2.86. The summed E-state index contributed by atoms with van der Waals surface area (Å²) in [7, 11) is 0. The molecule has 4 aliphatic rings. The molecule has 2 N–H and O–H groups in total. The van der Waals surface area contributed by atoms with Gasteiger partial charge in [-0.3, -0.25) is 24.6 Å². The lowest BCUT2D eigenvalue weighted by Crippen LogP contribution is -2.52. The van der Waals surface area contributed by atoms with Crippen molar-refractivity contribution in [3.8, 4) is 0 Å². The number of benzene rings is 1. The van der Waals surface area contributed by atoms with Crippen molar-refractivity contribution in [3.05, 3.63) is 34.9 Å². The second-order valence-corrected chi connectivity index (χ2v) is 8.74. The summed E-state index contributed by atoms with van der Waals surface area (Å²) in [6.07, 6.45) is 3.46. The largest absolute Gasteiger partial charge is 0.372 e. The van der Waals surface area contributed by atoms with E-state index in [1.807, 2.05) is 12.1 Å². The third-order valence-corrected chi connectivity index (χ3v) is 6.74. The Morgan fingerprint density at radius 2 is 1.83 bits per heavy atom. The molecule has 1 aromatic rings. The van der Waals surface area contributed by atoms with E-state index in [1.54, 1.807) is 4.90 Å². The Hall–Kier alpha value is -2.29. The van der Waals surface area contributed by atoms with Gasteiger partial charge in [0.1, 0.15) is 6.04 Å². The Kier molecular flexibility index (Phi) is 5.30. The maximum atomic E-state index is 13.0. The van der Waals surface area contributed by atoms with Gasteiger partial charge in [-0.15, -0.1) is 0 Å². The Balaban J connectivity index is 1.23. The minimum Gasteiger partial charge on any atom is -0.372 e. The molecule has 0 saturated carbocycles. The average Bonchev–Trinajstić information content (AvgIpc) is 3.04. The van der Waals surface area contributed by atoms with Gasteiger partial charge < -0.3 is 15.0 Å². The predicted molar refractivity (Wildman–Crippen MR) is 109 cm³/mol. The molecule has 0 spiro atoms. The lowest BCUT2D eigenvalue weighted by molar-refractivity contribution is -0.136. The van der Waals surface area contributed by atoms with E-state index >= 15 is 0 Å². The van der Waals surface area contributed by atoms with E-state index in [0.717, 1.165) is 56.7 Å². The molecule has 0 aromatic heterocycles. The molecule has 0 aliphatic carbocycles. The van der Waals surface area contributed by atoms with Gasteiger partial charge in [0.2, 0.25) is 11.8 Å². The van der Waals surface area contributed by atoms with Crippen LogP contribution in [-0.2, 0) is 27.4 Å². The maximum Gasteiger partial charge on any atom is 0.255 e. The molecule has 4 heterocycles. The van der Waals surface area contributed by atoms with Gasteiger partial charge in [-0.2, -0.15) is 0 Å². The highest BCUT2D eigenvalue weighted by Crippen LogP contribution is 2.31. The third kappa shape index (κ3) is 3.75. The molecule has 0 bridgehead atoms. The van der Waals surface area contributed by atoms with Gasteiger partial charge in [0, 0.05) is 51.3 Å². The molecule has 3 amide bonds. The van der Waals surface area contributed by atoms with Crippen molar-refractivity contribution >= 4 is 17.7 Å². The Morgan fingerprint density at radius 1 is 1.03 bits per heavy atom. The molecule has 8 heteroatoms. The van der Waals surface area contributed by atoms with Gasteiger partial charge in [-0.05, 0) is 36.5 Å². The van der Waals surface area contributed by atoms with E-state index < -0.39 is 6.04 Å². The van der Waals surface area contributed by atoms with E-state index in [9.17, 15) is 14.4 Å². The van der Waals surface area contributed by atoms with Crippen molar-refractivity contribution in [1.82, 2.24) is 20.4 Å². The quantitative estimate of drug-likeness (QED) is 0.681. The minimum absolute atomic E-state index is 0.109. The van der Waals surface area contributed by atoms with Gasteiger partial charge in [0.05, 0.1) is 12.2 Å². The van der Waals surface area contributed by atoms with Crippen LogP contribution < -0.4 is 10.6 Å². The number of imide groups is 1. The first-order valence-electron chi connectivity index (χ1n) is 10.9. The van der Waals surface area contributed by atoms with Crippen molar-refractivity contribution in [3.63, 3.8) is 0 Å². The first-order chi connectivity index (χ1) is 14.6. The lowest BCUT2D eigenvalue weighted by Gasteiger charge is -2.36. The summed E-state index contributed by atoms with van der Waals surface area (Å²) < 4.78 is 6.11. The van der Waals surface area contributed by atoms with Crippen LogP contribution >= 0.6 is 0 Å². The van der Waals surface area contributed by atoms with Gasteiger partial charge in [0.15, 0.2) is 0 Å². The Labute approximate surface area is 175 Å². The molecule has 30 heavy (non-hydrogen) atoms. The fourth-order valence-corrected chi connectivity index (χ4v) is 4.87. The van der Waals surface area contributed by atoms with Crippen LogP contribution in [0.25, 0.3) is 0 Å². The normalized spacial score (nSPS) is 25.9. The molecule has 0 radical (unpaired) electrons. The zero-order chi connectivity index (χ0) is 20.7. The van der Waals surface area contributed by atoms with Crippen molar-refractivity contribution < 1.29 is 19.1 Å². The maximum absolute atomic E-state index is 13.0. The number of likely N-dealkylation sites (tertiary alicyclic amines) is 1. The molecular formula is C22H28N4O4. The molecule has 1 unspecified atom stereocenters. The number of hydrogen-bond acceptors (Lipinski definition) is 6. The summed E-state index contributed by atoms with van der Waals surface area (Å²) in [5, 5.41) is 5.61. The number of amides is 3. The van der Waals surface area contributed by atoms with Gasteiger partial charge in [0.25, 0.3) is 5.91 Å². The van der Waals surface area contributed by atoms with E-state index in [2.05, 4.69) is 21.6 Å². The highest BCUT2D eigenvalue weighted by atomic mass is 16.5. The van der Waals surface area contributed by atoms with Crippen LogP contribution in [0.1, 0.15) is 47.2 Å². The fourth-order valence-electron chi connectivity index (χ4n) is 4.87. The summed E-state index contributed by atoms with van der Waals surface area (Å²) in [5.74, 6) is -0.734. The van der Waals surface area contributed by atoms with Gasteiger partial charge >= 0.3 is 0 Å². The number of ether oxygens (including phenoxy) is 1. The monoisotopic (exact) mass is 412 g/mol. The highest BCUT2D eigenvalue weighted by Gasteiger charge is 2.40. The Bertz CT molecular complexity index is 861. The number of rotatable bonds is 5. The number of hydrogen-bond donors (Lipinski definition) is 2. The fraction of sp³-hybridized carbons (Fsp3) is 0.591. The van der Waals surface area contributed by atoms with E-state index in [1.165, 1.54) is 0 Å². The highest BCUT2D eigenvalue weighted by molar-refractivity contribution is 6.05. The first-order valence-corrected chi connectivity index (χ1v) is 10.9. The minimum atomic E-state index is -0.565. The molecule has 1 aromatic carbocycles. The molecule has 4 aliphatic heterocycles. The van der Waals surface area contributed by atoms with E-state index in [4.69, 9.17) is 4.74 Å². The summed E-state index contributed by atoms with van der Waals surface area (Å²) in [6.45, 7) is 5.14. The number of carbonyl (C=O) groups excluding carboxylic acids is 3. The molecule has 5 rings (SSSR count). The molecule has 160 valence electrons. The predicted octanol–water partition coefficient (Wildman–Crippen LogP) is 0.400. The van der Waals surface area contributed by atoms with Crippen LogP contribution in [0.2, 0.25) is 0 Å². The first kappa shape index (κ1) is 19.7. The van der Waals surface area contributed by atoms with E-state index in [0.29, 0.717) is 30.7 Å².